The molecule has 3 amide bonds. The second-order valence-electron chi connectivity index (χ2n) is 6.34. The van der Waals surface area contributed by atoms with Gasteiger partial charge in [0, 0.05) is 25.1 Å². The van der Waals surface area contributed by atoms with E-state index in [1.807, 2.05) is 13.8 Å². The summed E-state index contributed by atoms with van der Waals surface area (Å²) in [6.45, 7) is 4.15. The van der Waals surface area contributed by atoms with Crippen molar-refractivity contribution >= 4 is 39.3 Å². The fourth-order valence-electron chi connectivity index (χ4n) is 2.69. The van der Waals surface area contributed by atoms with E-state index in [1.165, 1.54) is 19.1 Å². The van der Waals surface area contributed by atoms with Gasteiger partial charge in [-0.25, -0.2) is 0 Å². The molecule has 0 aliphatic carbocycles. The van der Waals surface area contributed by atoms with Crippen LogP contribution in [-0.2, 0) is 9.53 Å². The molecule has 0 radical (unpaired) electrons. The number of rotatable bonds is 7. The fraction of sp³-hybridized carbons (Fsp3) is 0.389. The van der Waals surface area contributed by atoms with Crippen molar-refractivity contribution in [3.63, 3.8) is 0 Å². The van der Waals surface area contributed by atoms with Gasteiger partial charge in [-0.2, -0.15) is 0 Å². The van der Waals surface area contributed by atoms with Crippen molar-refractivity contribution in [2.24, 2.45) is 16.1 Å². The van der Waals surface area contributed by atoms with Crippen LogP contribution in [0, 0.1) is 5.92 Å². The molecule has 0 spiro atoms. The molecule has 1 aromatic rings. The molecule has 2 rings (SSSR count). The van der Waals surface area contributed by atoms with Gasteiger partial charge in [0.25, 0.3) is 17.7 Å². The van der Waals surface area contributed by atoms with Gasteiger partial charge in [0.05, 0.1) is 18.2 Å². The van der Waals surface area contributed by atoms with E-state index in [2.05, 4.69) is 36.8 Å². The molecule has 0 aromatic heterocycles. The van der Waals surface area contributed by atoms with Gasteiger partial charge >= 0.3 is 0 Å². The first-order chi connectivity index (χ1) is 13.3. The van der Waals surface area contributed by atoms with Crippen LogP contribution < -0.4 is 10.6 Å². The minimum absolute atomic E-state index is 0.104. The topological polar surface area (TPSA) is 112 Å². The third-order valence-electron chi connectivity index (χ3n) is 3.95. The number of halogens is 1. The molecule has 150 valence electrons. The first-order valence-corrected chi connectivity index (χ1v) is 9.34. The Labute approximate surface area is 171 Å². The van der Waals surface area contributed by atoms with Crippen molar-refractivity contribution in [1.29, 1.82) is 0 Å². The molecule has 0 atom stereocenters. The number of nitrogens with one attached hydrogen (secondary N) is 2. The number of imide groups is 1. The minimum atomic E-state index is -0.525. The molecule has 9 nitrogen and oxygen atoms in total. The molecule has 10 heteroatoms. The van der Waals surface area contributed by atoms with Crippen LogP contribution in [0.1, 0.15) is 34.6 Å². The molecular formula is C18H22BrN5O4. The Bertz CT molecular complexity index is 873. The van der Waals surface area contributed by atoms with Gasteiger partial charge in [-0.05, 0) is 34.0 Å². The van der Waals surface area contributed by atoms with E-state index in [0.29, 0.717) is 11.0 Å². The number of azo groups is 1. The van der Waals surface area contributed by atoms with Gasteiger partial charge in [-0.3, -0.25) is 19.3 Å². The second kappa shape index (κ2) is 8.96. The average Bonchev–Trinajstić information content (AvgIpc) is 2.90. The molecule has 1 aromatic carbocycles. The molecule has 1 aliphatic heterocycles. The lowest BCUT2D eigenvalue weighted by Crippen LogP contribution is -2.33. The normalized spacial score (nSPS) is 14.5. The second-order valence-corrected chi connectivity index (χ2v) is 7.20. The Hall–Kier alpha value is -2.75. The lowest BCUT2D eigenvalue weighted by molar-refractivity contribution is -0.117. The smallest absolute Gasteiger partial charge is 0.277 e. The van der Waals surface area contributed by atoms with Crippen LogP contribution in [0.2, 0.25) is 0 Å². The Balaban J connectivity index is 2.57. The maximum atomic E-state index is 12.9. The van der Waals surface area contributed by atoms with Gasteiger partial charge < -0.3 is 15.4 Å². The standard InChI is InChI=1S/C18H22BrN5O4/c1-9(2)8-24-17(26)10-6-7-11(19)13(12(10)18(24)27)22-23-14(15(25)20-3)16(21-4)28-5/h6-7,9,21H,8H2,1-5H3,(H,20,25)/b16-14-,23-22?. The number of nitrogens with zero attached hydrogens (tertiary/aromatic N) is 3. The SMILES string of the molecule is CNC(=O)/C(N=Nc1c(Br)ccc2c1C(=O)N(CC(C)C)C2=O)=C(\NC)OC. The predicted molar refractivity (Wildman–Crippen MR) is 106 cm³/mol. The molecule has 0 saturated heterocycles. The number of hydrogen-bond acceptors (Lipinski definition) is 7. The van der Waals surface area contributed by atoms with Crippen LogP contribution in [-0.4, -0.2) is 50.4 Å². The summed E-state index contributed by atoms with van der Waals surface area (Å²) in [6, 6.07) is 3.19. The summed E-state index contributed by atoms with van der Waals surface area (Å²) in [6.07, 6.45) is 0. The fourth-order valence-corrected chi connectivity index (χ4v) is 3.10. The number of ether oxygens (including phenoxy) is 1. The molecule has 2 N–H and O–H groups in total. The van der Waals surface area contributed by atoms with Crippen molar-refractivity contribution in [2.45, 2.75) is 13.8 Å². The van der Waals surface area contributed by atoms with Gasteiger partial charge in [0.2, 0.25) is 11.6 Å². The molecule has 0 saturated carbocycles. The van der Waals surface area contributed by atoms with Crippen LogP contribution in [0.25, 0.3) is 0 Å². The highest BCUT2D eigenvalue weighted by Gasteiger charge is 2.38. The Morgan fingerprint density at radius 3 is 2.43 bits per heavy atom. The molecule has 0 unspecified atom stereocenters. The number of fused-ring (bicyclic) bond motifs is 1. The Kier molecular flexibility index (Phi) is 6.90. The van der Waals surface area contributed by atoms with E-state index >= 15 is 0 Å². The lowest BCUT2D eigenvalue weighted by atomic mass is 10.1. The first kappa shape index (κ1) is 21.5. The average molecular weight is 452 g/mol. The third-order valence-corrected chi connectivity index (χ3v) is 4.59. The number of benzene rings is 1. The molecule has 28 heavy (non-hydrogen) atoms. The molecule has 0 bridgehead atoms. The quantitative estimate of drug-likeness (QED) is 0.286. The van der Waals surface area contributed by atoms with E-state index in [9.17, 15) is 14.4 Å². The maximum Gasteiger partial charge on any atom is 0.277 e. The summed E-state index contributed by atoms with van der Waals surface area (Å²) in [7, 11) is 4.40. The highest BCUT2D eigenvalue weighted by atomic mass is 79.9. The predicted octanol–water partition coefficient (Wildman–Crippen LogP) is 2.57. The monoisotopic (exact) mass is 451 g/mol. The van der Waals surface area contributed by atoms with Crippen molar-refractivity contribution in [2.75, 3.05) is 27.7 Å². The molecule has 0 fully saturated rings. The van der Waals surface area contributed by atoms with E-state index in [4.69, 9.17) is 4.74 Å². The summed E-state index contributed by atoms with van der Waals surface area (Å²) in [5, 5.41) is 13.3. The summed E-state index contributed by atoms with van der Waals surface area (Å²) < 4.78 is 5.58. The summed E-state index contributed by atoms with van der Waals surface area (Å²) in [5.74, 6) is -1.10. The maximum absolute atomic E-state index is 12.9. The number of hydrogen-bond donors (Lipinski definition) is 2. The highest BCUT2D eigenvalue weighted by Crippen LogP contribution is 2.38. The zero-order chi connectivity index (χ0) is 21.0. The highest BCUT2D eigenvalue weighted by molar-refractivity contribution is 9.10. The van der Waals surface area contributed by atoms with E-state index in [-0.39, 0.29) is 40.2 Å². The first-order valence-electron chi connectivity index (χ1n) is 8.55. The van der Waals surface area contributed by atoms with Crippen molar-refractivity contribution < 1.29 is 19.1 Å². The van der Waals surface area contributed by atoms with Gasteiger partial charge in [-0.1, -0.05) is 13.8 Å². The van der Waals surface area contributed by atoms with Gasteiger partial charge in [-0.15, -0.1) is 10.2 Å². The van der Waals surface area contributed by atoms with E-state index in [0.717, 1.165) is 0 Å². The van der Waals surface area contributed by atoms with Crippen LogP contribution in [0.3, 0.4) is 0 Å². The Morgan fingerprint density at radius 2 is 1.89 bits per heavy atom. The van der Waals surface area contributed by atoms with Gasteiger partial charge in [0.1, 0.15) is 5.69 Å². The summed E-state index contributed by atoms with van der Waals surface area (Å²) in [5.41, 5.74) is 0.486. The Morgan fingerprint density at radius 1 is 1.21 bits per heavy atom. The zero-order valence-electron chi connectivity index (χ0n) is 16.3. The summed E-state index contributed by atoms with van der Waals surface area (Å²) in [4.78, 5) is 38.8. The van der Waals surface area contributed by atoms with Crippen LogP contribution in [0.15, 0.2) is 38.4 Å². The number of carbonyl (C=O) groups is 3. The summed E-state index contributed by atoms with van der Waals surface area (Å²) >= 11 is 3.34. The number of likely N-dealkylation sites (N-methyl/N-ethyl adjacent to an activating group) is 1. The van der Waals surface area contributed by atoms with Crippen molar-refractivity contribution in [3.8, 4) is 0 Å². The lowest BCUT2D eigenvalue weighted by Gasteiger charge is -2.15. The zero-order valence-corrected chi connectivity index (χ0v) is 17.9. The van der Waals surface area contributed by atoms with E-state index in [1.54, 1.807) is 19.2 Å². The van der Waals surface area contributed by atoms with Crippen molar-refractivity contribution in [1.82, 2.24) is 15.5 Å². The van der Waals surface area contributed by atoms with Gasteiger partial charge in [0.15, 0.2) is 0 Å². The number of methoxy groups -OCH3 is 1. The van der Waals surface area contributed by atoms with E-state index < -0.39 is 11.8 Å². The minimum Gasteiger partial charge on any atom is -0.481 e. The van der Waals surface area contributed by atoms with Crippen LogP contribution in [0.4, 0.5) is 5.69 Å². The van der Waals surface area contributed by atoms with Crippen LogP contribution >= 0.6 is 15.9 Å². The number of amides is 3. The number of carbonyl (C=O) groups excluding carboxylic acids is 3. The largest absolute Gasteiger partial charge is 0.481 e. The molecule has 1 heterocycles. The molecular weight excluding hydrogens is 430 g/mol. The van der Waals surface area contributed by atoms with Crippen LogP contribution in [0.5, 0.6) is 0 Å². The van der Waals surface area contributed by atoms with Crippen molar-refractivity contribution in [3.05, 3.63) is 39.3 Å². The third kappa shape index (κ3) is 4.06. The molecule has 1 aliphatic rings.